The minimum Gasteiger partial charge on any atom is -0.379 e. The maximum atomic E-state index is 12.8. The number of aromatic nitrogens is 3. The highest BCUT2D eigenvalue weighted by Crippen LogP contribution is 2.26. The van der Waals surface area contributed by atoms with E-state index in [1.54, 1.807) is 0 Å². The second kappa shape index (κ2) is 8.67. The highest BCUT2D eigenvalue weighted by molar-refractivity contribution is 5.78. The third kappa shape index (κ3) is 4.50. The molecule has 3 aliphatic heterocycles. The Morgan fingerprint density at radius 3 is 2.59 bits per heavy atom. The lowest BCUT2D eigenvalue weighted by molar-refractivity contribution is -0.134. The van der Waals surface area contributed by atoms with E-state index in [4.69, 9.17) is 4.74 Å². The summed E-state index contributed by atoms with van der Waals surface area (Å²) in [6, 6.07) is 0. The largest absolute Gasteiger partial charge is 0.379 e. The summed E-state index contributed by atoms with van der Waals surface area (Å²) < 4.78 is 7.54. The van der Waals surface area contributed by atoms with Gasteiger partial charge < -0.3 is 14.2 Å². The summed E-state index contributed by atoms with van der Waals surface area (Å²) in [6.45, 7) is 8.51. The number of likely N-dealkylation sites (tertiary alicyclic amines) is 2. The smallest absolute Gasteiger partial charge is 0.236 e. The maximum absolute atomic E-state index is 12.8. The van der Waals surface area contributed by atoms with E-state index in [-0.39, 0.29) is 11.8 Å². The number of amides is 1. The molecule has 1 amide bonds. The minimum atomic E-state index is 0.237. The summed E-state index contributed by atoms with van der Waals surface area (Å²) in [5.74, 6) is 2.61. The standard InChI is InChI=1S/C19H32N6O2/c1-22-17(14-23-6-2-3-7-23)20-21-19(22)16-5-4-8-25(13-16)18(26)15-24-9-11-27-12-10-24/h16H,2-15H2,1H3. The predicted octanol–water partition coefficient (Wildman–Crippen LogP) is 0.449. The number of rotatable bonds is 5. The molecule has 3 saturated heterocycles. The van der Waals surface area contributed by atoms with Gasteiger partial charge in [-0.1, -0.05) is 0 Å². The van der Waals surface area contributed by atoms with Crippen LogP contribution in [0.1, 0.15) is 43.3 Å². The van der Waals surface area contributed by atoms with Crippen molar-refractivity contribution in [3.8, 4) is 0 Å². The Hall–Kier alpha value is -1.51. The minimum absolute atomic E-state index is 0.237. The molecule has 3 aliphatic rings. The van der Waals surface area contributed by atoms with E-state index in [0.717, 1.165) is 83.5 Å². The molecule has 8 nitrogen and oxygen atoms in total. The Balaban J connectivity index is 1.36. The monoisotopic (exact) mass is 376 g/mol. The van der Waals surface area contributed by atoms with E-state index in [2.05, 4.69) is 31.6 Å². The zero-order valence-electron chi connectivity index (χ0n) is 16.5. The first-order chi connectivity index (χ1) is 13.2. The third-order valence-corrected chi connectivity index (χ3v) is 6.16. The number of nitrogens with zero attached hydrogens (tertiary/aromatic N) is 6. The van der Waals surface area contributed by atoms with Crippen molar-refractivity contribution in [3.63, 3.8) is 0 Å². The molecule has 150 valence electrons. The first kappa shape index (κ1) is 18.8. The Labute approximate surface area is 161 Å². The average molecular weight is 377 g/mol. The molecule has 1 atom stereocenters. The second-order valence-electron chi connectivity index (χ2n) is 8.08. The van der Waals surface area contributed by atoms with Gasteiger partial charge in [-0.3, -0.25) is 14.6 Å². The van der Waals surface area contributed by atoms with Gasteiger partial charge in [-0.2, -0.15) is 0 Å². The molecular weight excluding hydrogens is 344 g/mol. The summed E-state index contributed by atoms with van der Waals surface area (Å²) in [6.07, 6.45) is 4.69. The molecule has 0 aliphatic carbocycles. The van der Waals surface area contributed by atoms with E-state index < -0.39 is 0 Å². The van der Waals surface area contributed by atoms with Crippen LogP contribution in [0, 0.1) is 0 Å². The van der Waals surface area contributed by atoms with Crippen LogP contribution in [0.3, 0.4) is 0 Å². The third-order valence-electron chi connectivity index (χ3n) is 6.16. The molecular formula is C19H32N6O2. The SMILES string of the molecule is Cn1c(CN2CCCC2)nnc1C1CCCN(C(=O)CN2CCOCC2)C1. The highest BCUT2D eigenvalue weighted by Gasteiger charge is 2.29. The molecule has 4 rings (SSSR count). The molecule has 0 N–H and O–H groups in total. The van der Waals surface area contributed by atoms with Gasteiger partial charge in [-0.25, -0.2) is 0 Å². The van der Waals surface area contributed by atoms with Crippen LogP contribution in [0.4, 0.5) is 0 Å². The molecule has 0 radical (unpaired) electrons. The fourth-order valence-corrected chi connectivity index (χ4v) is 4.47. The molecule has 3 fully saturated rings. The summed E-state index contributed by atoms with van der Waals surface area (Å²) in [7, 11) is 2.08. The topological polar surface area (TPSA) is 66.7 Å². The number of morpholine rings is 1. The fraction of sp³-hybridized carbons (Fsp3) is 0.842. The van der Waals surface area contributed by atoms with E-state index in [1.807, 2.05) is 4.90 Å². The molecule has 0 bridgehead atoms. The first-order valence-electron chi connectivity index (χ1n) is 10.4. The zero-order valence-corrected chi connectivity index (χ0v) is 16.5. The Morgan fingerprint density at radius 1 is 1.04 bits per heavy atom. The summed E-state index contributed by atoms with van der Waals surface area (Å²) >= 11 is 0. The van der Waals surface area contributed by atoms with Crippen molar-refractivity contribution < 1.29 is 9.53 Å². The second-order valence-corrected chi connectivity index (χ2v) is 8.08. The fourth-order valence-electron chi connectivity index (χ4n) is 4.47. The van der Waals surface area contributed by atoms with Crippen molar-refractivity contribution in [3.05, 3.63) is 11.6 Å². The molecule has 1 aromatic rings. The molecule has 0 saturated carbocycles. The summed E-state index contributed by atoms with van der Waals surface area (Å²) in [5.41, 5.74) is 0. The maximum Gasteiger partial charge on any atom is 0.236 e. The number of carbonyl (C=O) groups excluding carboxylic acids is 1. The highest BCUT2D eigenvalue weighted by atomic mass is 16.5. The van der Waals surface area contributed by atoms with Crippen molar-refractivity contribution in [2.24, 2.45) is 7.05 Å². The molecule has 0 aromatic carbocycles. The lowest BCUT2D eigenvalue weighted by atomic mass is 9.97. The van der Waals surface area contributed by atoms with Gasteiger partial charge in [0.05, 0.1) is 26.3 Å². The van der Waals surface area contributed by atoms with Crippen LogP contribution in [0.5, 0.6) is 0 Å². The average Bonchev–Trinajstić information content (AvgIpc) is 3.33. The molecule has 1 unspecified atom stereocenters. The Morgan fingerprint density at radius 2 is 1.81 bits per heavy atom. The van der Waals surface area contributed by atoms with Crippen molar-refractivity contribution >= 4 is 5.91 Å². The number of ether oxygens (including phenoxy) is 1. The van der Waals surface area contributed by atoms with Gasteiger partial charge in [0.25, 0.3) is 0 Å². The van der Waals surface area contributed by atoms with Crippen molar-refractivity contribution in [1.29, 1.82) is 0 Å². The summed E-state index contributed by atoms with van der Waals surface area (Å²) in [4.78, 5) is 19.4. The zero-order chi connectivity index (χ0) is 18.6. The van der Waals surface area contributed by atoms with E-state index >= 15 is 0 Å². The van der Waals surface area contributed by atoms with Crippen molar-refractivity contribution in [2.75, 3.05) is 59.0 Å². The van der Waals surface area contributed by atoms with E-state index in [0.29, 0.717) is 6.54 Å². The number of hydrogen-bond acceptors (Lipinski definition) is 6. The van der Waals surface area contributed by atoms with Gasteiger partial charge in [0, 0.05) is 39.1 Å². The van der Waals surface area contributed by atoms with Gasteiger partial charge in [0.15, 0.2) is 0 Å². The quantitative estimate of drug-likeness (QED) is 0.743. The molecule has 8 heteroatoms. The van der Waals surface area contributed by atoms with Crippen molar-refractivity contribution in [1.82, 2.24) is 29.5 Å². The van der Waals surface area contributed by atoms with Gasteiger partial charge >= 0.3 is 0 Å². The van der Waals surface area contributed by atoms with Crippen LogP contribution >= 0.6 is 0 Å². The molecule has 0 spiro atoms. The predicted molar refractivity (Wildman–Crippen MR) is 101 cm³/mol. The Bertz CT molecular complexity index is 636. The summed E-state index contributed by atoms with van der Waals surface area (Å²) in [5, 5.41) is 8.98. The van der Waals surface area contributed by atoms with Crippen molar-refractivity contribution in [2.45, 2.75) is 38.1 Å². The van der Waals surface area contributed by atoms with Crippen LogP contribution in [0.15, 0.2) is 0 Å². The van der Waals surface area contributed by atoms with Crippen LogP contribution in [0.2, 0.25) is 0 Å². The van der Waals surface area contributed by atoms with Gasteiger partial charge in [0.2, 0.25) is 5.91 Å². The van der Waals surface area contributed by atoms with Crippen LogP contribution in [-0.4, -0.2) is 94.4 Å². The Kier molecular flexibility index (Phi) is 6.04. The lowest BCUT2D eigenvalue weighted by Crippen LogP contribution is -2.47. The number of hydrogen-bond donors (Lipinski definition) is 0. The van der Waals surface area contributed by atoms with Gasteiger partial charge in [-0.15, -0.1) is 10.2 Å². The van der Waals surface area contributed by atoms with Crippen LogP contribution in [-0.2, 0) is 23.1 Å². The normalized spacial score (nSPS) is 25.2. The lowest BCUT2D eigenvalue weighted by Gasteiger charge is -2.34. The van der Waals surface area contributed by atoms with E-state index in [9.17, 15) is 4.79 Å². The molecule has 1 aromatic heterocycles. The number of piperidine rings is 1. The number of carbonyl (C=O) groups is 1. The first-order valence-corrected chi connectivity index (χ1v) is 10.4. The van der Waals surface area contributed by atoms with Crippen LogP contribution in [0.25, 0.3) is 0 Å². The molecule has 27 heavy (non-hydrogen) atoms. The van der Waals surface area contributed by atoms with Gasteiger partial charge in [-0.05, 0) is 38.8 Å². The van der Waals surface area contributed by atoms with E-state index in [1.165, 1.54) is 12.8 Å². The van der Waals surface area contributed by atoms with Gasteiger partial charge in [0.1, 0.15) is 11.6 Å². The molecule has 4 heterocycles. The van der Waals surface area contributed by atoms with Crippen LogP contribution < -0.4 is 0 Å².